The molecule has 1 heterocycles. The fraction of sp³-hybridized carbons (Fsp3) is 0.136. The average molecular weight is 465 g/mol. The van der Waals surface area contributed by atoms with Crippen LogP contribution in [-0.4, -0.2) is 5.96 Å². The van der Waals surface area contributed by atoms with Crippen molar-refractivity contribution in [3.8, 4) is 0 Å². The van der Waals surface area contributed by atoms with Crippen LogP contribution in [0.2, 0.25) is 0 Å². The molecule has 1 aliphatic heterocycles. The van der Waals surface area contributed by atoms with Crippen LogP contribution in [0.15, 0.2) is 77.8 Å². The van der Waals surface area contributed by atoms with E-state index in [4.69, 9.17) is 38.7 Å². The van der Waals surface area contributed by atoms with E-state index in [1.54, 1.807) is 9.34 Å². The zero-order valence-corrected chi connectivity index (χ0v) is 19.5. The molecule has 29 heavy (non-hydrogen) atoms. The van der Waals surface area contributed by atoms with Crippen molar-refractivity contribution in [1.29, 1.82) is 0 Å². The zero-order chi connectivity index (χ0) is 20.8. The summed E-state index contributed by atoms with van der Waals surface area (Å²) in [5.41, 5.74) is 5.86. The Labute approximate surface area is 185 Å². The second-order valence-electron chi connectivity index (χ2n) is 7.28. The van der Waals surface area contributed by atoms with Crippen molar-refractivity contribution in [2.75, 3.05) is 9.34 Å². The third-order valence-corrected chi connectivity index (χ3v) is 9.64. The average Bonchev–Trinajstić information content (AvgIpc) is 2.66. The maximum atomic E-state index is 6.96. The molecule has 0 aromatic heterocycles. The maximum absolute atomic E-state index is 6.96. The number of halogens is 3. The molecule has 0 bridgehead atoms. The van der Waals surface area contributed by atoms with Crippen LogP contribution >= 0.6 is 38.7 Å². The molecule has 3 nitrogen and oxygen atoms in total. The topological polar surface area (TPSA) is 18.8 Å². The van der Waals surface area contributed by atoms with E-state index in [0.29, 0.717) is 5.96 Å². The number of anilines is 2. The van der Waals surface area contributed by atoms with E-state index in [9.17, 15) is 0 Å². The monoisotopic (exact) mass is 463 g/mol. The Morgan fingerprint density at radius 1 is 0.586 bits per heavy atom. The molecule has 3 aromatic rings. The van der Waals surface area contributed by atoms with Gasteiger partial charge < -0.3 is 0 Å². The zero-order valence-electron chi connectivity index (χ0n) is 16.4. The van der Waals surface area contributed by atoms with Gasteiger partial charge in [0.2, 0.25) is 0 Å². The van der Waals surface area contributed by atoms with Gasteiger partial charge in [0.05, 0.1) is 0 Å². The number of hydrogen-bond donors (Lipinski definition) is 0. The first-order valence-electron chi connectivity index (χ1n) is 9.21. The minimum absolute atomic E-state index is 0.597. The summed E-state index contributed by atoms with van der Waals surface area (Å²) in [5.74, 6) is 0.597. The summed E-state index contributed by atoms with van der Waals surface area (Å²) >= 11 is 20.9. The van der Waals surface area contributed by atoms with E-state index in [2.05, 4.69) is 0 Å². The van der Waals surface area contributed by atoms with Crippen LogP contribution in [0.1, 0.15) is 16.7 Å². The Bertz CT molecular complexity index is 1010. The van der Waals surface area contributed by atoms with Crippen molar-refractivity contribution in [1.82, 2.24) is 0 Å². The standard InChI is InChI=1S/C22H21Cl3N3P/c1-16-4-10-19(11-5-16)26-22-27(20-12-6-17(2)7-13-20)29(23,24,25)28(22)21-14-8-18(3)9-15-21/h4-15H,1-3H3. The van der Waals surface area contributed by atoms with Gasteiger partial charge in [0, 0.05) is 0 Å². The van der Waals surface area contributed by atoms with Gasteiger partial charge in [-0.3, -0.25) is 0 Å². The van der Waals surface area contributed by atoms with Crippen LogP contribution in [0.25, 0.3) is 0 Å². The van der Waals surface area contributed by atoms with Crippen LogP contribution in [-0.2, 0) is 0 Å². The Hall–Kier alpha value is -1.77. The Morgan fingerprint density at radius 2 is 0.931 bits per heavy atom. The van der Waals surface area contributed by atoms with Gasteiger partial charge in [-0.2, -0.15) is 0 Å². The van der Waals surface area contributed by atoms with E-state index < -0.39 is 4.96 Å². The van der Waals surface area contributed by atoms with Crippen LogP contribution in [0.3, 0.4) is 0 Å². The van der Waals surface area contributed by atoms with Crippen LogP contribution in [0.4, 0.5) is 17.1 Å². The molecule has 0 aliphatic carbocycles. The van der Waals surface area contributed by atoms with E-state index in [-0.39, 0.29) is 0 Å². The number of guanidine groups is 1. The molecule has 4 rings (SSSR count). The van der Waals surface area contributed by atoms with Crippen LogP contribution in [0, 0.1) is 20.8 Å². The van der Waals surface area contributed by atoms with Crippen LogP contribution < -0.4 is 9.34 Å². The second kappa shape index (κ2) is 7.18. The van der Waals surface area contributed by atoms with E-state index in [0.717, 1.165) is 28.2 Å². The number of rotatable bonds is 3. The predicted molar refractivity (Wildman–Crippen MR) is 130 cm³/mol. The van der Waals surface area contributed by atoms with Gasteiger partial charge in [-0.1, -0.05) is 0 Å². The van der Waals surface area contributed by atoms with Crippen molar-refractivity contribution in [2.45, 2.75) is 20.8 Å². The molecule has 0 atom stereocenters. The number of nitrogens with zero attached hydrogens (tertiary/aromatic N) is 3. The molecule has 0 radical (unpaired) electrons. The summed E-state index contributed by atoms with van der Waals surface area (Å²) in [6.45, 7) is 6.10. The summed E-state index contributed by atoms with van der Waals surface area (Å²) < 4.78 is 3.52. The van der Waals surface area contributed by atoms with Gasteiger partial charge in [-0.05, 0) is 0 Å². The fourth-order valence-corrected chi connectivity index (χ4v) is 7.90. The van der Waals surface area contributed by atoms with Crippen molar-refractivity contribution < 1.29 is 0 Å². The first-order valence-corrected chi connectivity index (χ1v) is 14.1. The molecule has 7 heteroatoms. The normalized spacial score (nSPS) is 18.6. The molecule has 150 valence electrons. The molecule has 1 fully saturated rings. The van der Waals surface area contributed by atoms with Gasteiger partial charge in [0.1, 0.15) is 0 Å². The number of aryl methyl sites for hydroxylation is 3. The molecule has 0 amide bonds. The van der Waals surface area contributed by atoms with Gasteiger partial charge in [-0.15, -0.1) is 0 Å². The minimum atomic E-state index is -3.99. The third-order valence-electron chi connectivity index (χ3n) is 4.83. The van der Waals surface area contributed by atoms with Gasteiger partial charge >= 0.3 is 186 Å². The molecular formula is C22H21Cl3N3P. The first kappa shape index (κ1) is 20.5. The molecule has 0 N–H and O–H groups in total. The predicted octanol–water partition coefficient (Wildman–Crippen LogP) is 8.47. The third kappa shape index (κ3) is 3.73. The molecule has 0 saturated carbocycles. The second-order valence-corrected chi connectivity index (χ2v) is 16.9. The van der Waals surface area contributed by atoms with Crippen LogP contribution in [0.5, 0.6) is 0 Å². The quantitative estimate of drug-likeness (QED) is 0.362. The summed E-state index contributed by atoms with van der Waals surface area (Å²) in [5, 5.41) is 0. The van der Waals surface area contributed by atoms with Crippen molar-refractivity contribution >= 4 is 61.7 Å². The Morgan fingerprint density at radius 3 is 1.31 bits per heavy atom. The molecular weight excluding hydrogens is 444 g/mol. The first-order chi connectivity index (χ1) is 13.6. The summed E-state index contributed by atoms with van der Waals surface area (Å²) in [7, 11) is 0. The van der Waals surface area contributed by atoms with Gasteiger partial charge in [-0.25, -0.2) is 0 Å². The Kier molecular flexibility index (Phi) is 5.07. The molecule has 1 aliphatic rings. The summed E-state index contributed by atoms with van der Waals surface area (Å²) in [6.07, 6.45) is 0. The Balaban J connectivity index is 1.87. The fourth-order valence-electron chi connectivity index (χ4n) is 3.22. The van der Waals surface area contributed by atoms with Gasteiger partial charge in [0.25, 0.3) is 0 Å². The molecule has 0 unspecified atom stereocenters. The number of benzene rings is 3. The van der Waals surface area contributed by atoms with Crippen molar-refractivity contribution in [3.05, 3.63) is 89.5 Å². The summed E-state index contributed by atoms with van der Waals surface area (Å²) in [4.78, 5) is 0.861. The van der Waals surface area contributed by atoms with E-state index in [1.807, 2.05) is 93.6 Å². The molecule has 1 saturated heterocycles. The van der Waals surface area contributed by atoms with Crippen molar-refractivity contribution in [3.63, 3.8) is 0 Å². The molecule has 3 aromatic carbocycles. The van der Waals surface area contributed by atoms with Gasteiger partial charge in [0.15, 0.2) is 0 Å². The number of aliphatic imine (C=N–C) groups is 1. The summed E-state index contributed by atoms with van der Waals surface area (Å²) in [6, 6.07) is 23.8. The van der Waals surface area contributed by atoms with E-state index >= 15 is 0 Å². The SMILES string of the molecule is Cc1ccc(N=C2N(c3ccc(C)cc3)P(Cl)(Cl)(Cl)N2c2ccc(C)cc2)cc1. The molecule has 0 spiro atoms. The van der Waals surface area contributed by atoms with Crippen molar-refractivity contribution in [2.24, 2.45) is 4.99 Å². The van der Waals surface area contributed by atoms with E-state index in [1.165, 1.54) is 5.56 Å². The number of hydrogen-bond acceptors (Lipinski definition) is 1.